The number of anilines is 1. The summed E-state index contributed by atoms with van der Waals surface area (Å²) >= 11 is 0. The standard InChI is InChI=1S/C24H33N7O3/c1-16(32)29-13-8-19(9-14-29)31-10-2-3-20(31)24-27-23(28-34-24)18-4-5-21(26-15-18)30-11-6-17(7-12-30)22(25)33/h4-5,15,17,19-20H,2-3,6-14H2,1H3,(H2,25,33). The van der Waals surface area contributed by atoms with E-state index in [2.05, 4.69) is 19.9 Å². The normalized spacial score (nSPS) is 22.9. The summed E-state index contributed by atoms with van der Waals surface area (Å²) in [6.45, 7) is 5.85. The molecular formula is C24H33N7O3. The van der Waals surface area contributed by atoms with Crippen LogP contribution in [-0.4, -0.2) is 75.5 Å². The number of pyridine rings is 1. The van der Waals surface area contributed by atoms with E-state index in [0.29, 0.717) is 17.8 Å². The van der Waals surface area contributed by atoms with E-state index < -0.39 is 0 Å². The maximum Gasteiger partial charge on any atom is 0.244 e. The molecule has 1 unspecified atom stereocenters. The Hall–Kier alpha value is -3.01. The molecule has 2 amide bonds. The van der Waals surface area contributed by atoms with E-state index in [1.807, 2.05) is 17.0 Å². The lowest BCUT2D eigenvalue weighted by molar-refractivity contribution is -0.130. The van der Waals surface area contributed by atoms with Gasteiger partial charge in [-0.15, -0.1) is 0 Å². The Morgan fingerprint density at radius 3 is 2.44 bits per heavy atom. The Balaban J connectivity index is 1.22. The molecule has 182 valence electrons. The Bertz CT molecular complexity index is 1010. The molecule has 10 nitrogen and oxygen atoms in total. The van der Waals surface area contributed by atoms with Gasteiger partial charge in [0.05, 0.1) is 6.04 Å². The summed E-state index contributed by atoms with van der Waals surface area (Å²) in [6, 6.07) is 4.52. The first kappa shape index (κ1) is 22.8. The summed E-state index contributed by atoms with van der Waals surface area (Å²) in [6.07, 6.45) is 7.40. The Morgan fingerprint density at radius 1 is 1.03 bits per heavy atom. The van der Waals surface area contributed by atoms with Gasteiger partial charge in [-0.3, -0.25) is 14.5 Å². The first-order valence-electron chi connectivity index (χ1n) is 12.3. The zero-order valence-corrected chi connectivity index (χ0v) is 19.7. The summed E-state index contributed by atoms with van der Waals surface area (Å²) in [5.41, 5.74) is 6.26. The molecule has 34 heavy (non-hydrogen) atoms. The van der Waals surface area contributed by atoms with Crippen LogP contribution in [0.4, 0.5) is 5.82 Å². The number of likely N-dealkylation sites (tertiary alicyclic amines) is 2. The number of hydrogen-bond donors (Lipinski definition) is 1. The van der Waals surface area contributed by atoms with Crippen LogP contribution in [-0.2, 0) is 9.59 Å². The van der Waals surface area contributed by atoms with Crippen molar-refractivity contribution >= 4 is 17.6 Å². The third-order valence-corrected chi connectivity index (χ3v) is 7.63. The van der Waals surface area contributed by atoms with Crippen molar-refractivity contribution in [1.82, 2.24) is 24.9 Å². The second-order valence-corrected chi connectivity index (χ2v) is 9.66. The molecule has 0 radical (unpaired) electrons. The minimum atomic E-state index is -0.210. The van der Waals surface area contributed by atoms with Gasteiger partial charge in [0.15, 0.2) is 0 Å². The molecule has 3 aliphatic heterocycles. The summed E-state index contributed by atoms with van der Waals surface area (Å²) in [7, 11) is 0. The summed E-state index contributed by atoms with van der Waals surface area (Å²) in [5.74, 6) is 2.02. The van der Waals surface area contributed by atoms with Gasteiger partial charge in [-0.05, 0) is 57.2 Å². The highest BCUT2D eigenvalue weighted by Crippen LogP contribution is 2.36. The predicted octanol–water partition coefficient (Wildman–Crippen LogP) is 1.98. The van der Waals surface area contributed by atoms with Gasteiger partial charge < -0.3 is 20.1 Å². The maximum atomic E-state index is 11.7. The number of rotatable bonds is 5. The van der Waals surface area contributed by atoms with Crippen molar-refractivity contribution < 1.29 is 14.1 Å². The lowest BCUT2D eigenvalue weighted by atomic mass is 9.96. The van der Waals surface area contributed by atoms with Crippen molar-refractivity contribution in [3.63, 3.8) is 0 Å². The van der Waals surface area contributed by atoms with E-state index in [1.165, 1.54) is 0 Å². The average Bonchev–Trinajstić information content (AvgIpc) is 3.54. The molecule has 0 saturated carbocycles. The number of amides is 2. The number of nitrogens with zero attached hydrogens (tertiary/aromatic N) is 6. The zero-order valence-electron chi connectivity index (χ0n) is 19.7. The highest BCUT2D eigenvalue weighted by molar-refractivity contribution is 5.77. The number of carbonyl (C=O) groups excluding carboxylic acids is 2. The van der Waals surface area contributed by atoms with Gasteiger partial charge in [0.1, 0.15) is 5.82 Å². The van der Waals surface area contributed by atoms with Gasteiger partial charge in [-0.1, -0.05) is 5.16 Å². The molecule has 1 atom stereocenters. The fourth-order valence-electron chi connectivity index (χ4n) is 5.59. The lowest BCUT2D eigenvalue weighted by Crippen LogP contribution is -2.46. The zero-order chi connectivity index (χ0) is 23.7. The van der Waals surface area contributed by atoms with E-state index in [4.69, 9.17) is 15.2 Å². The molecule has 3 aliphatic rings. The van der Waals surface area contributed by atoms with E-state index >= 15 is 0 Å². The van der Waals surface area contributed by atoms with Crippen molar-refractivity contribution in [3.05, 3.63) is 24.2 Å². The van der Waals surface area contributed by atoms with Crippen LogP contribution >= 0.6 is 0 Å². The van der Waals surface area contributed by atoms with E-state index in [9.17, 15) is 9.59 Å². The number of aromatic nitrogens is 3. The van der Waals surface area contributed by atoms with Crippen molar-refractivity contribution in [1.29, 1.82) is 0 Å². The highest BCUT2D eigenvalue weighted by Gasteiger charge is 2.37. The quantitative estimate of drug-likeness (QED) is 0.708. The molecule has 5 heterocycles. The topological polar surface area (TPSA) is 122 Å². The number of primary amides is 1. The van der Waals surface area contributed by atoms with Gasteiger partial charge in [0.2, 0.25) is 23.5 Å². The fourth-order valence-corrected chi connectivity index (χ4v) is 5.59. The van der Waals surface area contributed by atoms with Crippen molar-refractivity contribution in [3.8, 4) is 11.4 Å². The molecule has 3 fully saturated rings. The predicted molar refractivity (Wildman–Crippen MR) is 126 cm³/mol. The van der Waals surface area contributed by atoms with Crippen LogP contribution < -0.4 is 10.6 Å². The summed E-state index contributed by atoms with van der Waals surface area (Å²) in [5, 5.41) is 4.25. The highest BCUT2D eigenvalue weighted by atomic mass is 16.5. The SMILES string of the molecule is CC(=O)N1CCC(N2CCCC2c2nc(-c3ccc(N4CCC(C(N)=O)CC4)nc3)no2)CC1. The average molecular weight is 468 g/mol. The summed E-state index contributed by atoms with van der Waals surface area (Å²) in [4.78, 5) is 39.0. The van der Waals surface area contributed by atoms with Crippen LogP contribution in [0.25, 0.3) is 11.4 Å². The molecule has 2 aromatic rings. The Labute approximate surface area is 199 Å². The molecule has 3 saturated heterocycles. The van der Waals surface area contributed by atoms with Gasteiger partial charge >= 0.3 is 0 Å². The molecule has 0 aromatic carbocycles. The monoisotopic (exact) mass is 467 g/mol. The smallest absolute Gasteiger partial charge is 0.244 e. The van der Waals surface area contributed by atoms with Crippen LogP contribution in [0.2, 0.25) is 0 Å². The number of piperidine rings is 2. The van der Waals surface area contributed by atoms with Gasteiger partial charge in [-0.25, -0.2) is 4.98 Å². The van der Waals surface area contributed by atoms with E-state index in [-0.39, 0.29) is 23.8 Å². The van der Waals surface area contributed by atoms with E-state index in [1.54, 1.807) is 13.1 Å². The van der Waals surface area contributed by atoms with Crippen molar-refractivity contribution in [2.75, 3.05) is 37.6 Å². The minimum Gasteiger partial charge on any atom is -0.369 e. The minimum absolute atomic E-state index is 0.0369. The number of hydrogen-bond acceptors (Lipinski definition) is 8. The van der Waals surface area contributed by atoms with Crippen LogP contribution in [0.3, 0.4) is 0 Å². The van der Waals surface area contributed by atoms with Crippen molar-refractivity contribution in [2.24, 2.45) is 11.7 Å². The second kappa shape index (κ2) is 9.69. The van der Waals surface area contributed by atoms with Crippen LogP contribution in [0.15, 0.2) is 22.9 Å². The van der Waals surface area contributed by atoms with Crippen LogP contribution in [0.1, 0.15) is 57.4 Å². The van der Waals surface area contributed by atoms with E-state index in [0.717, 1.165) is 82.6 Å². The second-order valence-electron chi connectivity index (χ2n) is 9.66. The molecule has 0 bridgehead atoms. The van der Waals surface area contributed by atoms with Crippen molar-refractivity contribution in [2.45, 2.75) is 57.5 Å². The first-order valence-corrected chi connectivity index (χ1v) is 12.3. The van der Waals surface area contributed by atoms with Crippen LogP contribution in [0, 0.1) is 5.92 Å². The molecule has 2 N–H and O–H groups in total. The number of carbonyl (C=O) groups is 2. The maximum absolute atomic E-state index is 11.7. The molecular weight excluding hydrogens is 434 g/mol. The van der Waals surface area contributed by atoms with Crippen LogP contribution in [0.5, 0.6) is 0 Å². The Kier molecular flexibility index (Phi) is 6.49. The molecule has 2 aromatic heterocycles. The third-order valence-electron chi connectivity index (χ3n) is 7.63. The number of nitrogens with two attached hydrogens (primary N) is 1. The first-order chi connectivity index (χ1) is 16.5. The Morgan fingerprint density at radius 2 is 1.79 bits per heavy atom. The molecule has 0 aliphatic carbocycles. The van der Waals surface area contributed by atoms with Gasteiger partial charge in [0, 0.05) is 56.8 Å². The lowest BCUT2D eigenvalue weighted by Gasteiger charge is -2.38. The summed E-state index contributed by atoms with van der Waals surface area (Å²) < 4.78 is 5.71. The van der Waals surface area contributed by atoms with Gasteiger partial charge in [-0.2, -0.15) is 4.98 Å². The fraction of sp³-hybridized carbons (Fsp3) is 0.625. The largest absolute Gasteiger partial charge is 0.369 e. The molecule has 10 heteroatoms. The molecule has 5 rings (SSSR count). The molecule has 0 spiro atoms. The third kappa shape index (κ3) is 4.64. The van der Waals surface area contributed by atoms with Gasteiger partial charge in [0.25, 0.3) is 0 Å².